The van der Waals surface area contributed by atoms with Crippen molar-refractivity contribution >= 4 is 23.0 Å². The molecule has 6 nitrogen and oxygen atoms in total. The molecule has 32 heavy (non-hydrogen) atoms. The second-order valence-corrected chi connectivity index (χ2v) is 7.78. The number of methoxy groups -OCH3 is 2. The molecule has 0 amide bonds. The smallest absolute Gasteiger partial charge is 0.195 e. The maximum atomic E-state index is 13.8. The van der Waals surface area contributed by atoms with E-state index in [-0.39, 0.29) is 11.6 Å². The van der Waals surface area contributed by atoms with Crippen molar-refractivity contribution in [2.45, 2.75) is 12.5 Å². The van der Waals surface area contributed by atoms with E-state index in [9.17, 15) is 4.79 Å². The number of fused-ring (bicyclic) bond motifs is 1. The third kappa shape index (κ3) is 3.21. The molecule has 1 saturated heterocycles. The molecule has 0 aliphatic carbocycles. The Morgan fingerprint density at radius 2 is 1.59 bits per heavy atom. The number of rotatable bonds is 4. The fourth-order valence-electron chi connectivity index (χ4n) is 4.40. The third-order valence-corrected chi connectivity index (χ3v) is 5.93. The van der Waals surface area contributed by atoms with Crippen molar-refractivity contribution in [3.8, 4) is 11.5 Å². The third-order valence-electron chi connectivity index (χ3n) is 5.93. The topological polar surface area (TPSA) is 74.7 Å². The summed E-state index contributed by atoms with van der Waals surface area (Å²) in [5, 5.41) is 12.4. The fraction of sp³-hybridized carbons (Fsp3) is 0.154. The molecule has 0 spiro atoms. The van der Waals surface area contributed by atoms with Gasteiger partial charge in [0, 0.05) is 36.0 Å². The summed E-state index contributed by atoms with van der Waals surface area (Å²) >= 11 is 0. The van der Waals surface area contributed by atoms with Gasteiger partial charge in [0.25, 0.3) is 0 Å². The average molecular weight is 425 g/mol. The van der Waals surface area contributed by atoms with Crippen LogP contribution in [0.4, 0.5) is 11.4 Å². The molecule has 2 heterocycles. The van der Waals surface area contributed by atoms with E-state index in [1.807, 2.05) is 66.7 Å². The molecule has 0 bridgehead atoms. The first kappa shape index (κ1) is 19.9. The largest absolute Gasteiger partial charge is 0.497 e. The lowest BCUT2D eigenvalue weighted by atomic mass is 9.99. The Kier molecular flexibility index (Phi) is 4.90. The van der Waals surface area contributed by atoms with Gasteiger partial charge in [0.05, 0.1) is 25.5 Å². The summed E-state index contributed by atoms with van der Waals surface area (Å²) in [4.78, 5) is 15.6. The zero-order valence-corrected chi connectivity index (χ0v) is 17.9. The molecule has 1 fully saturated rings. The Labute approximate surface area is 186 Å². The Morgan fingerprint density at radius 3 is 2.25 bits per heavy atom. The molecule has 160 valence electrons. The van der Waals surface area contributed by atoms with Crippen LogP contribution in [0, 0.1) is 5.41 Å². The number of benzene rings is 3. The van der Waals surface area contributed by atoms with Crippen LogP contribution in [-0.2, 0) is 11.2 Å². The van der Waals surface area contributed by atoms with Gasteiger partial charge in [0.15, 0.2) is 5.78 Å². The normalized spacial score (nSPS) is 19.7. The number of nitrogens with zero attached hydrogens (tertiary/aromatic N) is 1. The fourth-order valence-corrected chi connectivity index (χ4v) is 4.40. The van der Waals surface area contributed by atoms with Crippen LogP contribution in [0.2, 0.25) is 0 Å². The Morgan fingerprint density at radius 1 is 0.938 bits per heavy atom. The van der Waals surface area contributed by atoms with E-state index in [1.165, 1.54) is 0 Å². The number of para-hydroxylation sites is 1. The minimum atomic E-state index is -0.645. The highest BCUT2D eigenvalue weighted by molar-refractivity contribution is 6.35. The van der Waals surface area contributed by atoms with Crippen molar-refractivity contribution in [1.29, 1.82) is 5.41 Å². The second-order valence-electron chi connectivity index (χ2n) is 7.78. The first-order valence-electron chi connectivity index (χ1n) is 10.4. The molecule has 0 unspecified atom stereocenters. The van der Waals surface area contributed by atoms with Crippen molar-refractivity contribution < 1.29 is 14.3 Å². The van der Waals surface area contributed by atoms with Gasteiger partial charge in [-0.05, 0) is 17.2 Å². The predicted molar refractivity (Wildman–Crippen MR) is 125 cm³/mol. The van der Waals surface area contributed by atoms with Crippen LogP contribution in [0.5, 0.6) is 11.5 Å². The van der Waals surface area contributed by atoms with Gasteiger partial charge in [-0.2, -0.15) is 0 Å². The molecule has 0 aromatic heterocycles. The maximum absolute atomic E-state index is 13.8. The number of allylic oxidation sites excluding steroid dienone is 1. The minimum Gasteiger partial charge on any atom is -0.497 e. The second kappa shape index (κ2) is 7.89. The van der Waals surface area contributed by atoms with E-state index in [1.54, 1.807) is 25.2 Å². The van der Waals surface area contributed by atoms with Crippen molar-refractivity contribution in [2.75, 3.05) is 24.4 Å². The van der Waals surface area contributed by atoms with Crippen LogP contribution in [0.3, 0.4) is 0 Å². The van der Waals surface area contributed by atoms with E-state index in [2.05, 4.69) is 5.32 Å². The van der Waals surface area contributed by atoms with Gasteiger partial charge in [-0.25, -0.2) is 0 Å². The van der Waals surface area contributed by atoms with E-state index < -0.39 is 6.04 Å². The van der Waals surface area contributed by atoms with E-state index >= 15 is 0 Å². The van der Waals surface area contributed by atoms with Crippen LogP contribution >= 0.6 is 0 Å². The van der Waals surface area contributed by atoms with Crippen LogP contribution in [0.1, 0.15) is 17.2 Å². The highest BCUT2D eigenvalue weighted by atomic mass is 16.5. The standard InChI is InChI=1S/C26H23N3O3/c1-31-19-13-18(14-20(15-19)32-2)29-24(16-8-4-3-5-9-16)25(30)23(26(29)27)22-12-17-10-6-7-11-21(17)28-22/h3-11,13-15,24,27-28H,12H2,1-2H3/t24-/m1/s1. The summed E-state index contributed by atoms with van der Waals surface area (Å²) in [6.07, 6.45) is 0.594. The summed E-state index contributed by atoms with van der Waals surface area (Å²) < 4.78 is 10.9. The van der Waals surface area contributed by atoms with Crippen molar-refractivity contribution in [3.05, 3.63) is 95.2 Å². The summed E-state index contributed by atoms with van der Waals surface area (Å²) in [6.45, 7) is 0. The summed E-state index contributed by atoms with van der Waals surface area (Å²) in [7, 11) is 3.17. The summed E-state index contributed by atoms with van der Waals surface area (Å²) in [5.74, 6) is 1.26. The Hall–Kier alpha value is -4.06. The van der Waals surface area contributed by atoms with Crippen molar-refractivity contribution in [1.82, 2.24) is 0 Å². The first-order valence-corrected chi connectivity index (χ1v) is 10.4. The molecule has 0 radical (unpaired) electrons. The average Bonchev–Trinajstić information content (AvgIpc) is 3.36. The highest BCUT2D eigenvalue weighted by Gasteiger charge is 2.45. The number of anilines is 2. The molecule has 6 heteroatoms. The molecule has 2 aliphatic rings. The van der Waals surface area contributed by atoms with Crippen molar-refractivity contribution in [3.63, 3.8) is 0 Å². The molecule has 0 saturated carbocycles. The first-order chi connectivity index (χ1) is 15.6. The van der Waals surface area contributed by atoms with Gasteiger partial charge in [-0.1, -0.05) is 48.5 Å². The van der Waals surface area contributed by atoms with Gasteiger partial charge in [-0.15, -0.1) is 0 Å². The molecule has 2 N–H and O–H groups in total. The monoisotopic (exact) mass is 425 g/mol. The van der Waals surface area contributed by atoms with Gasteiger partial charge in [0.1, 0.15) is 23.4 Å². The molecular formula is C26H23N3O3. The quantitative estimate of drug-likeness (QED) is 0.591. The molecular weight excluding hydrogens is 402 g/mol. The number of hydrogen-bond acceptors (Lipinski definition) is 5. The SMILES string of the molecule is COc1cc(OC)cc(N2C(=N)C(=C3Cc4ccccc4N3)C(=O)[C@H]2c2ccccc2)c1. The Bertz CT molecular complexity index is 1200. The van der Waals surface area contributed by atoms with Crippen LogP contribution in [0.25, 0.3) is 0 Å². The number of amidine groups is 1. The van der Waals surface area contributed by atoms with E-state index in [0.29, 0.717) is 29.2 Å². The number of carbonyl (C=O) groups is 1. The van der Waals surface area contributed by atoms with Crippen LogP contribution < -0.4 is 19.7 Å². The lowest BCUT2D eigenvalue weighted by Crippen LogP contribution is -2.28. The van der Waals surface area contributed by atoms with Crippen LogP contribution in [-0.4, -0.2) is 25.8 Å². The minimum absolute atomic E-state index is 0.0988. The van der Waals surface area contributed by atoms with E-state index in [4.69, 9.17) is 14.9 Å². The van der Waals surface area contributed by atoms with Gasteiger partial charge < -0.3 is 19.7 Å². The molecule has 3 aromatic rings. The van der Waals surface area contributed by atoms with Gasteiger partial charge in [0.2, 0.25) is 0 Å². The predicted octanol–water partition coefficient (Wildman–Crippen LogP) is 4.73. The summed E-state index contributed by atoms with van der Waals surface area (Å²) in [5.41, 5.74) is 4.77. The number of nitrogens with one attached hydrogen (secondary N) is 2. The molecule has 1 atom stereocenters. The lowest BCUT2D eigenvalue weighted by Gasteiger charge is -2.26. The molecule has 3 aromatic carbocycles. The highest BCUT2D eigenvalue weighted by Crippen LogP contribution is 2.42. The summed E-state index contributed by atoms with van der Waals surface area (Å²) in [6, 6.07) is 22.3. The maximum Gasteiger partial charge on any atom is 0.195 e. The number of hydrogen-bond donors (Lipinski definition) is 2. The van der Waals surface area contributed by atoms with E-state index in [0.717, 1.165) is 22.5 Å². The number of ether oxygens (including phenoxy) is 2. The van der Waals surface area contributed by atoms with Gasteiger partial charge >= 0.3 is 0 Å². The number of Topliss-reactive ketones (excluding diaryl/α,β-unsaturated/α-hetero) is 1. The molecule has 5 rings (SSSR count). The zero-order valence-electron chi connectivity index (χ0n) is 17.9. The Balaban J connectivity index is 1.66. The van der Waals surface area contributed by atoms with Crippen molar-refractivity contribution in [2.24, 2.45) is 0 Å². The van der Waals surface area contributed by atoms with Gasteiger partial charge in [-0.3, -0.25) is 10.2 Å². The zero-order chi connectivity index (χ0) is 22.2. The number of carbonyl (C=O) groups excluding carboxylic acids is 1. The number of ketones is 1. The molecule has 2 aliphatic heterocycles. The lowest BCUT2D eigenvalue weighted by molar-refractivity contribution is -0.115. The van der Waals surface area contributed by atoms with Crippen LogP contribution in [0.15, 0.2) is 84.1 Å².